The van der Waals surface area contributed by atoms with Gasteiger partial charge in [0.15, 0.2) is 5.82 Å². The lowest BCUT2D eigenvalue weighted by Crippen LogP contribution is -2.53. The summed E-state index contributed by atoms with van der Waals surface area (Å²) in [6.45, 7) is 2.10. The van der Waals surface area contributed by atoms with Crippen LogP contribution in [-0.4, -0.2) is 62.3 Å². The predicted molar refractivity (Wildman–Crippen MR) is 131 cm³/mol. The van der Waals surface area contributed by atoms with E-state index in [4.69, 9.17) is 15.5 Å². The minimum Gasteiger partial charge on any atom is -0.380 e. The number of pyridine rings is 1. The molecule has 1 aliphatic heterocycles. The summed E-state index contributed by atoms with van der Waals surface area (Å²) in [6, 6.07) is 11.9. The van der Waals surface area contributed by atoms with E-state index < -0.39 is 0 Å². The predicted octanol–water partition coefficient (Wildman–Crippen LogP) is 3.19. The number of imidazole rings is 1. The number of hydrogen-bond donors (Lipinski definition) is 1. The Kier molecular flexibility index (Phi) is 5.15. The van der Waals surface area contributed by atoms with Crippen molar-refractivity contribution in [2.45, 2.75) is 38.0 Å². The van der Waals surface area contributed by atoms with E-state index in [9.17, 15) is 4.79 Å². The monoisotopic (exact) mass is 458 g/mol. The normalized spacial score (nSPS) is 21.0. The van der Waals surface area contributed by atoms with Crippen molar-refractivity contribution in [3.05, 3.63) is 48.2 Å². The Hall–Kier alpha value is -3.23. The second kappa shape index (κ2) is 8.21. The number of amides is 1. The molecule has 2 fully saturated rings. The Bertz CT molecular complexity index is 1380. The molecule has 1 saturated carbocycles. The van der Waals surface area contributed by atoms with E-state index in [1.165, 1.54) is 12.8 Å². The minimum absolute atomic E-state index is 0.00163. The van der Waals surface area contributed by atoms with Gasteiger partial charge in [0.05, 0.1) is 22.8 Å². The fourth-order valence-electron chi connectivity index (χ4n) is 5.20. The molecule has 0 unspecified atom stereocenters. The summed E-state index contributed by atoms with van der Waals surface area (Å²) in [5.41, 5.74) is 10.7. The third-order valence-corrected chi connectivity index (χ3v) is 7.33. The van der Waals surface area contributed by atoms with Crippen LogP contribution in [0.1, 0.15) is 29.6 Å². The van der Waals surface area contributed by atoms with Crippen LogP contribution in [0.2, 0.25) is 0 Å². The van der Waals surface area contributed by atoms with Crippen molar-refractivity contribution in [3.8, 4) is 11.5 Å². The molecule has 4 heterocycles. The Morgan fingerprint density at radius 3 is 2.82 bits per heavy atom. The molecule has 6 rings (SSSR count). The number of fused-ring (bicyclic) bond motifs is 2. The van der Waals surface area contributed by atoms with Crippen molar-refractivity contribution in [1.29, 1.82) is 0 Å². The number of hydrogen-bond acceptors (Lipinski definition) is 5. The standard InChI is InChI=1S/C26H30N6O2/c1-30-21-8-7-18(26(33)31-11-9-23(34-2)19(27)15-31)12-20(21)29-25(30)22-13-17-4-3-10-28-24(17)32(22)14-16-5-6-16/h3-4,7-8,10,12-13,16,19,23H,5-6,9,11,14-15,27H2,1-2H3/t19-,23+/m1/s1. The molecule has 176 valence electrons. The van der Waals surface area contributed by atoms with Gasteiger partial charge in [0.1, 0.15) is 5.65 Å². The maximum absolute atomic E-state index is 13.2. The van der Waals surface area contributed by atoms with Crippen molar-refractivity contribution < 1.29 is 9.53 Å². The first-order valence-corrected chi connectivity index (χ1v) is 12.0. The zero-order valence-electron chi connectivity index (χ0n) is 19.6. The molecule has 0 spiro atoms. The average Bonchev–Trinajstić information content (AvgIpc) is 3.52. The number of carbonyl (C=O) groups is 1. The number of benzene rings is 1. The van der Waals surface area contributed by atoms with Crippen molar-refractivity contribution in [2.75, 3.05) is 20.2 Å². The minimum atomic E-state index is -0.171. The van der Waals surface area contributed by atoms with Crippen LogP contribution >= 0.6 is 0 Å². The first kappa shape index (κ1) is 21.3. The van der Waals surface area contributed by atoms with Gasteiger partial charge in [0.25, 0.3) is 5.91 Å². The quantitative estimate of drug-likeness (QED) is 0.496. The number of likely N-dealkylation sites (tertiary alicyclic amines) is 1. The molecule has 1 aliphatic carbocycles. The Balaban J connectivity index is 1.36. The number of nitrogens with two attached hydrogens (primary N) is 1. The number of aromatic nitrogens is 4. The highest BCUT2D eigenvalue weighted by atomic mass is 16.5. The largest absolute Gasteiger partial charge is 0.380 e. The van der Waals surface area contributed by atoms with Gasteiger partial charge in [0.2, 0.25) is 0 Å². The van der Waals surface area contributed by atoms with Gasteiger partial charge in [-0.15, -0.1) is 0 Å². The molecule has 4 aromatic rings. The lowest BCUT2D eigenvalue weighted by molar-refractivity contribution is 0.0227. The maximum atomic E-state index is 13.2. The van der Waals surface area contributed by atoms with Gasteiger partial charge >= 0.3 is 0 Å². The molecule has 8 heteroatoms. The summed E-state index contributed by atoms with van der Waals surface area (Å²) in [5, 5.41) is 1.12. The highest BCUT2D eigenvalue weighted by Gasteiger charge is 2.30. The van der Waals surface area contributed by atoms with E-state index in [1.54, 1.807) is 7.11 Å². The van der Waals surface area contributed by atoms with Gasteiger partial charge in [-0.1, -0.05) is 0 Å². The molecular formula is C26H30N6O2. The van der Waals surface area contributed by atoms with Gasteiger partial charge < -0.3 is 24.5 Å². The average molecular weight is 459 g/mol. The fourth-order valence-corrected chi connectivity index (χ4v) is 5.20. The molecule has 2 aliphatic rings. The summed E-state index contributed by atoms with van der Waals surface area (Å²) < 4.78 is 9.85. The summed E-state index contributed by atoms with van der Waals surface area (Å²) in [4.78, 5) is 24.7. The van der Waals surface area contributed by atoms with Crippen LogP contribution in [0.3, 0.4) is 0 Å². The van der Waals surface area contributed by atoms with Crippen LogP contribution in [0.25, 0.3) is 33.6 Å². The van der Waals surface area contributed by atoms with Crippen LogP contribution in [0, 0.1) is 5.92 Å². The number of carbonyl (C=O) groups excluding carboxylic acids is 1. The molecule has 34 heavy (non-hydrogen) atoms. The van der Waals surface area contributed by atoms with E-state index in [1.807, 2.05) is 42.4 Å². The van der Waals surface area contributed by atoms with Crippen molar-refractivity contribution in [1.82, 2.24) is 24.0 Å². The summed E-state index contributed by atoms with van der Waals surface area (Å²) >= 11 is 0. The Labute approximate surface area is 198 Å². The zero-order chi connectivity index (χ0) is 23.4. The lowest BCUT2D eigenvalue weighted by atomic mass is 10.0. The van der Waals surface area contributed by atoms with Gasteiger partial charge in [-0.05, 0) is 61.6 Å². The van der Waals surface area contributed by atoms with Gasteiger partial charge in [0, 0.05) is 57.0 Å². The number of aryl methyl sites for hydroxylation is 1. The summed E-state index contributed by atoms with van der Waals surface area (Å²) in [7, 11) is 3.71. The number of rotatable bonds is 5. The van der Waals surface area contributed by atoms with Gasteiger partial charge in [-0.2, -0.15) is 0 Å². The third-order valence-electron chi connectivity index (χ3n) is 7.33. The zero-order valence-corrected chi connectivity index (χ0v) is 19.6. The van der Waals surface area contributed by atoms with Gasteiger partial charge in [-0.25, -0.2) is 9.97 Å². The van der Waals surface area contributed by atoms with Crippen LogP contribution in [0.4, 0.5) is 0 Å². The van der Waals surface area contributed by atoms with Crippen molar-refractivity contribution >= 4 is 28.0 Å². The van der Waals surface area contributed by atoms with E-state index in [2.05, 4.69) is 26.3 Å². The Morgan fingerprint density at radius 1 is 1.21 bits per heavy atom. The molecular weight excluding hydrogens is 428 g/mol. The number of nitrogens with zero attached hydrogens (tertiary/aromatic N) is 5. The summed E-state index contributed by atoms with van der Waals surface area (Å²) in [6.07, 6.45) is 5.14. The van der Waals surface area contributed by atoms with E-state index >= 15 is 0 Å². The van der Waals surface area contributed by atoms with E-state index in [-0.39, 0.29) is 18.1 Å². The van der Waals surface area contributed by atoms with Crippen molar-refractivity contribution in [2.24, 2.45) is 18.7 Å². The molecule has 1 amide bonds. The Morgan fingerprint density at radius 2 is 2.06 bits per heavy atom. The first-order valence-electron chi connectivity index (χ1n) is 12.0. The number of piperidine rings is 1. The number of ether oxygens (including phenoxy) is 1. The van der Waals surface area contributed by atoms with Crippen LogP contribution in [-0.2, 0) is 18.3 Å². The third kappa shape index (κ3) is 3.58. The van der Waals surface area contributed by atoms with Crippen LogP contribution in [0.5, 0.6) is 0 Å². The second-order valence-corrected chi connectivity index (χ2v) is 9.68. The smallest absolute Gasteiger partial charge is 0.253 e. The molecule has 1 saturated heterocycles. The lowest BCUT2D eigenvalue weighted by Gasteiger charge is -2.35. The maximum Gasteiger partial charge on any atom is 0.253 e. The van der Waals surface area contributed by atoms with E-state index in [0.717, 1.165) is 46.6 Å². The van der Waals surface area contributed by atoms with Crippen LogP contribution < -0.4 is 5.73 Å². The molecule has 0 bridgehead atoms. The number of methoxy groups -OCH3 is 1. The van der Waals surface area contributed by atoms with Gasteiger partial charge in [-0.3, -0.25) is 4.79 Å². The topological polar surface area (TPSA) is 91.2 Å². The molecule has 8 nitrogen and oxygen atoms in total. The highest BCUT2D eigenvalue weighted by molar-refractivity contribution is 5.98. The van der Waals surface area contributed by atoms with Crippen molar-refractivity contribution in [3.63, 3.8) is 0 Å². The molecule has 3 aromatic heterocycles. The summed E-state index contributed by atoms with van der Waals surface area (Å²) in [5.74, 6) is 1.59. The van der Waals surface area contributed by atoms with E-state index in [0.29, 0.717) is 24.6 Å². The molecule has 0 radical (unpaired) electrons. The SMILES string of the molecule is CO[C@H]1CCN(C(=O)c2ccc3c(c2)nc(-c2cc4cccnc4n2CC2CC2)n3C)C[C@H]1N. The van der Waals surface area contributed by atoms with Crippen LogP contribution in [0.15, 0.2) is 42.6 Å². The molecule has 2 atom stereocenters. The molecule has 1 aromatic carbocycles. The second-order valence-electron chi connectivity index (χ2n) is 9.68. The fraction of sp³-hybridized carbons (Fsp3) is 0.423. The molecule has 2 N–H and O–H groups in total. The highest BCUT2D eigenvalue weighted by Crippen LogP contribution is 2.36. The first-order chi connectivity index (χ1) is 16.5.